The van der Waals surface area contributed by atoms with Crippen LogP contribution in [-0.4, -0.2) is 24.7 Å². The summed E-state index contributed by atoms with van der Waals surface area (Å²) in [5, 5.41) is 12.5. The van der Waals surface area contributed by atoms with Crippen molar-refractivity contribution in [1.29, 1.82) is 0 Å². The molecule has 0 saturated carbocycles. The van der Waals surface area contributed by atoms with Gasteiger partial charge in [-0.3, -0.25) is 0 Å². The average Bonchev–Trinajstić information content (AvgIpc) is 2.28. The smallest absolute Gasteiger partial charge is 0.387 e. The van der Waals surface area contributed by atoms with Gasteiger partial charge < -0.3 is 16.2 Å². The molecule has 0 aromatic heterocycles. The fraction of sp³-hybridized carbons (Fsp3) is 0.455. The SMILES string of the molecule is NCCNCC(O)c1cccc(C(F)(F)F)c1. The quantitative estimate of drug-likeness (QED) is 0.688. The number of hydrogen-bond donors (Lipinski definition) is 3. The third kappa shape index (κ3) is 4.33. The lowest BCUT2D eigenvalue weighted by atomic mass is 10.1. The number of hydrogen-bond acceptors (Lipinski definition) is 3. The predicted octanol–water partition coefficient (Wildman–Crippen LogP) is 1.29. The molecule has 0 heterocycles. The fourth-order valence-electron chi connectivity index (χ4n) is 1.38. The number of rotatable bonds is 5. The van der Waals surface area contributed by atoms with Crippen LogP contribution >= 0.6 is 0 Å². The summed E-state index contributed by atoms with van der Waals surface area (Å²) >= 11 is 0. The minimum atomic E-state index is -4.39. The second kappa shape index (κ2) is 6.00. The third-order valence-electron chi connectivity index (χ3n) is 2.26. The summed E-state index contributed by atoms with van der Waals surface area (Å²) in [4.78, 5) is 0. The molecular formula is C11H15F3N2O. The van der Waals surface area contributed by atoms with Crippen molar-refractivity contribution in [2.75, 3.05) is 19.6 Å². The van der Waals surface area contributed by atoms with Crippen LogP contribution in [0.1, 0.15) is 17.2 Å². The highest BCUT2D eigenvalue weighted by atomic mass is 19.4. The molecule has 4 N–H and O–H groups in total. The highest BCUT2D eigenvalue weighted by molar-refractivity contribution is 5.27. The van der Waals surface area contributed by atoms with Crippen LogP contribution in [0.4, 0.5) is 13.2 Å². The molecule has 0 aliphatic rings. The lowest BCUT2D eigenvalue weighted by molar-refractivity contribution is -0.137. The summed E-state index contributed by atoms with van der Waals surface area (Å²) in [6.07, 6.45) is -5.36. The van der Waals surface area contributed by atoms with Crippen molar-refractivity contribution in [3.05, 3.63) is 35.4 Å². The standard InChI is InChI=1S/C11H15F3N2O/c12-11(13,14)9-3-1-2-8(6-9)10(17)7-16-5-4-15/h1-3,6,10,16-17H,4-5,7,15H2. The Morgan fingerprint density at radius 1 is 1.35 bits per heavy atom. The molecule has 3 nitrogen and oxygen atoms in total. The second-order valence-electron chi connectivity index (χ2n) is 3.63. The Morgan fingerprint density at radius 2 is 2.06 bits per heavy atom. The minimum Gasteiger partial charge on any atom is -0.387 e. The first kappa shape index (κ1) is 14.0. The Hall–Kier alpha value is -1.11. The van der Waals surface area contributed by atoms with Crippen LogP contribution in [-0.2, 0) is 6.18 Å². The Bertz CT molecular complexity index is 355. The topological polar surface area (TPSA) is 58.3 Å². The van der Waals surface area contributed by atoms with Crippen LogP contribution < -0.4 is 11.1 Å². The summed E-state index contributed by atoms with van der Waals surface area (Å²) in [6.45, 7) is 1.10. The van der Waals surface area contributed by atoms with Gasteiger partial charge in [-0.2, -0.15) is 13.2 Å². The molecule has 1 aromatic rings. The molecule has 0 aliphatic carbocycles. The molecule has 96 valence electrons. The lowest BCUT2D eigenvalue weighted by Gasteiger charge is -2.14. The summed E-state index contributed by atoms with van der Waals surface area (Å²) in [6, 6.07) is 4.67. The van der Waals surface area contributed by atoms with Gasteiger partial charge in [0, 0.05) is 19.6 Å². The van der Waals surface area contributed by atoms with E-state index in [4.69, 9.17) is 5.73 Å². The normalized spacial score (nSPS) is 13.7. The number of nitrogens with two attached hydrogens (primary N) is 1. The molecular weight excluding hydrogens is 233 g/mol. The van der Waals surface area contributed by atoms with Crippen molar-refractivity contribution in [2.24, 2.45) is 5.73 Å². The van der Waals surface area contributed by atoms with E-state index in [1.165, 1.54) is 12.1 Å². The Labute approximate surface area is 97.4 Å². The van der Waals surface area contributed by atoms with Crippen LogP contribution in [0.15, 0.2) is 24.3 Å². The van der Waals surface area contributed by atoms with Crippen LogP contribution in [0.2, 0.25) is 0 Å². The number of halogens is 3. The third-order valence-corrected chi connectivity index (χ3v) is 2.26. The van der Waals surface area contributed by atoms with Gasteiger partial charge in [-0.1, -0.05) is 12.1 Å². The molecule has 0 saturated heterocycles. The van der Waals surface area contributed by atoms with Gasteiger partial charge in [0.1, 0.15) is 0 Å². The Kier molecular flexibility index (Phi) is 4.92. The highest BCUT2D eigenvalue weighted by Gasteiger charge is 2.30. The van der Waals surface area contributed by atoms with Crippen molar-refractivity contribution in [3.8, 4) is 0 Å². The summed E-state index contributed by atoms with van der Waals surface area (Å²) in [5.74, 6) is 0. The molecule has 0 fully saturated rings. The number of benzene rings is 1. The van der Waals surface area contributed by atoms with Crippen molar-refractivity contribution in [1.82, 2.24) is 5.32 Å². The van der Waals surface area contributed by atoms with Crippen molar-refractivity contribution in [3.63, 3.8) is 0 Å². The van der Waals surface area contributed by atoms with E-state index < -0.39 is 17.8 Å². The number of alkyl halides is 3. The molecule has 1 rings (SSSR count). The average molecular weight is 248 g/mol. The molecule has 1 aromatic carbocycles. The van der Waals surface area contributed by atoms with Gasteiger partial charge in [-0.25, -0.2) is 0 Å². The second-order valence-corrected chi connectivity index (χ2v) is 3.63. The molecule has 0 amide bonds. The zero-order valence-corrected chi connectivity index (χ0v) is 9.17. The maximum Gasteiger partial charge on any atom is 0.416 e. The number of aliphatic hydroxyl groups excluding tert-OH is 1. The molecule has 17 heavy (non-hydrogen) atoms. The molecule has 1 atom stereocenters. The summed E-state index contributed by atoms with van der Waals surface area (Å²) in [7, 11) is 0. The van der Waals surface area contributed by atoms with E-state index in [0.29, 0.717) is 13.1 Å². The van der Waals surface area contributed by atoms with Crippen LogP contribution in [0, 0.1) is 0 Å². The molecule has 0 spiro atoms. The molecule has 6 heteroatoms. The lowest BCUT2D eigenvalue weighted by Crippen LogP contribution is -2.27. The van der Waals surface area contributed by atoms with Crippen LogP contribution in [0.3, 0.4) is 0 Å². The first-order valence-electron chi connectivity index (χ1n) is 5.21. The van der Waals surface area contributed by atoms with Gasteiger partial charge in [-0.15, -0.1) is 0 Å². The highest BCUT2D eigenvalue weighted by Crippen LogP contribution is 2.30. The number of nitrogens with one attached hydrogen (secondary N) is 1. The van der Waals surface area contributed by atoms with E-state index in [9.17, 15) is 18.3 Å². The van der Waals surface area contributed by atoms with Crippen molar-refractivity contribution >= 4 is 0 Å². The van der Waals surface area contributed by atoms with E-state index in [0.717, 1.165) is 12.1 Å². The first-order chi connectivity index (χ1) is 7.95. The van der Waals surface area contributed by atoms with Crippen LogP contribution in [0.25, 0.3) is 0 Å². The predicted molar refractivity (Wildman–Crippen MR) is 58.3 cm³/mol. The monoisotopic (exact) mass is 248 g/mol. The van der Waals surface area contributed by atoms with Crippen molar-refractivity contribution in [2.45, 2.75) is 12.3 Å². The summed E-state index contributed by atoms with van der Waals surface area (Å²) in [5.41, 5.74) is 4.73. The van der Waals surface area contributed by atoms with E-state index in [-0.39, 0.29) is 12.1 Å². The van der Waals surface area contributed by atoms with E-state index in [2.05, 4.69) is 5.32 Å². The van der Waals surface area contributed by atoms with Gasteiger partial charge >= 0.3 is 6.18 Å². The molecule has 0 radical (unpaired) electrons. The van der Waals surface area contributed by atoms with E-state index in [1.54, 1.807) is 0 Å². The zero-order valence-electron chi connectivity index (χ0n) is 9.17. The van der Waals surface area contributed by atoms with Crippen molar-refractivity contribution < 1.29 is 18.3 Å². The van der Waals surface area contributed by atoms with Gasteiger partial charge in [0.2, 0.25) is 0 Å². The minimum absolute atomic E-state index is 0.179. The first-order valence-corrected chi connectivity index (χ1v) is 5.21. The van der Waals surface area contributed by atoms with Gasteiger partial charge in [0.25, 0.3) is 0 Å². The molecule has 0 aliphatic heterocycles. The fourth-order valence-corrected chi connectivity index (χ4v) is 1.38. The Morgan fingerprint density at radius 3 is 2.65 bits per heavy atom. The zero-order chi connectivity index (χ0) is 12.9. The van der Waals surface area contributed by atoms with Crippen LogP contribution in [0.5, 0.6) is 0 Å². The van der Waals surface area contributed by atoms with Gasteiger partial charge in [-0.05, 0) is 17.7 Å². The van der Waals surface area contributed by atoms with Gasteiger partial charge in [0.15, 0.2) is 0 Å². The van der Waals surface area contributed by atoms with E-state index in [1.807, 2.05) is 0 Å². The maximum absolute atomic E-state index is 12.4. The van der Waals surface area contributed by atoms with Gasteiger partial charge in [0.05, 0.1) is 11.7 Å². The maximum atomic E-state index is 12.4. The molecule has 0 bridgehead atoms. The Balaban J connectivity index is 2.71. The summed E-state index contributed by atoms with van der Waals surface area (Å²) < 4.78 is 37.3. The van der Waals surface area contributed by atoms with E-state index >= 15 is 0 Å². The largest absolute Gasteiger partial charge is 0.416 e. The molecule has 1 unspecified atom stereocenters. The number of aliphatic hydroxyl groups is 1.